The fourth-order valence-electron chi connectivity index (χ4n) is 2.09. The molecule has 2 rings (SSSR count). The Kier molecular flexibility index (Phi) is 8.04. The molecule has 0 aliphatic heterocycles. The van der Waals surface area contributed by atoms with E-state index in [1.165, 1.54) is 0 Å². The van der Waals surface area contributed by atoms with Gasteiger partial charge in [0.05, 0.1) is 19.8 Å². The quantitative estimate of drug-likeness (QED) is 0.207. The molecular weight excluding hydrogens is 365 g/mol. The van der Waals surface area contributed by atoms with E-state index in [9.17, 15) is 4.57 Å². The van der Waals surface area contributed by atoms with Crippen LogP contribution < -0.4 is 0 Å². The fraction of sp³-hybridized carbons (Fsp3) is 0.368. The molecule has 2 aromatic carbocycles. The minimum atomic E-state index is -3.81. The second kappa shape index (κ2) is 10.3. The van der Waals surface area contributed by atoms with Crippen molar-refractivity contribution in [2.75, 3.05) is 13.2 Å². The van der Waals surface area contributed by atoms with Crippen molar-refractivity contribution in [3.63, 3.8) is 0 Å². The van der Waals surface area contributed by atoms with E-state index in [2.05, 4.69) is 10.0 Å². The van der Waals surface area contributed by atoms with Crippen LogP contribution in [-0.4, -0.2) is 13.2 Å². The molecule has 0 unspecified atom stereocenters. The molecule has 0 aromatic heterocycles. The Morgan fingerprint density at radius 3 is 1.85 bits per heavy atom. The van der Waals surface area contributed by atoms with Gasteiger partial charge in [-0.3, -0.25) is 13.6 Å². The zero-order valence-electron chi connectivity index (χ0n) is 15.5. The standard InChI is InChI=1S/C19H24N3O4P/c1-19(2,15-21-22-20)16-26-27(23,24-13-17-9-5-3-6-10-17)25-14-18-11-7-4-8-12-18/h3-12H,13-16H2,1-2H3. The molecule has 2 aromatic rings. The normalized spacial score (nSPS) is 11.8. The summed E-state index contributed by atoms with van der Waals surface area (Å²) in [7, 11) is -3.81. The largest absolute Gasteiger partial charge is 0.475 e. The number of hydrogen-bond acceptors (Lipinski definition) is 5. The first-order chi connectivity index (χ1) is 12.9. The monoisotopic (exact) mass is 389 g/mol. The number of benzene rings is 2. The molecule has 0 atom stereocenters. The molecule has 0 spiro atoms. The summed E-state index contributed by atoms with van der Waals surface area (Å²) in [5.74, 6) is 0. The highest BCUT2D eigenvalue weighted by molar-refractivity contribution is 7.48. The lowest BCUT2D eigenvalue weighted by Gasteiger charge is -2.25. The molecule has 8 heteroatoms. The van der Waals surface area contributed by atoms with Crippen LogP contribution in [0.25, 0.3) is 10.4 Å². The van der Waals surface area contributed by atoms with Crippen LogP contribution in [0.1, 0.15) is 25.0 Å². The molecule has 0 radical (unpaired) electrons. The van der Waals surface area contributed by atoms with E-state index in [1.807, 2.05) is 74.5 Å². The molecule has 0 heterocycles. The van der Waals surface area contributed by atoms with Gasteiger partial charge in [0.2, 0.25) is 0 Å². The maximum absolute atomic E-state index is 13.1. The maximum Gasteiger partial charge on any atom is 0.475 e. The van der Waals surface area contributed by atoms with E-state index in [0.29, 0.717) is 0 Å². The van der Waals surface area contributed by atoms with Crippen LogP contribution in [0.15, 0.2) is 65.8 Å². The average Bonchev–Trinajstić information content (AvgIpc) is 2.70. The van der Waals surface area contributed by atoms with Crippen molar-refractivity contribution in [2.45, 2.75) is 27.1 Å². The van der Waals surface area contributed by atoms with Crippen LogP contribution >= 0.6 is 7.82 Å². The average molecular weight is 389 g/mol. The topological polar surface area (TPSA) is 93.5 Å². The van der Waals surface area contributed by atoms with E-state index in [4.69, 9.17) is 19.1 Å². The third-order valence-corrected chi connectivity index (χ3v) is 4.98. The molecule has 0 bridgehead atoms. The summed E-state index contributed by atoms with van der Waals surface area (Å²) in [5.41, 5.74) is 9.70. The van der Waals surface area contributed by atoms with Gasteiger partial charge < -0.3 is 0 Å². The van der Waals surface area contributed by atoms with Gasteiger partial charge in [0.15, 0.2) is 0 Å². The van der Waals surface area contributed by atoms with Gasteiger partial charge in [0, 0.05) is 11.5 Å². The molecule has 0 fully saturated rings. The zero-order chi connectivity index (χ0) is 19.6. The lowest BCUT2D eigenvalue weighted by molar-refractivity contribution is 0.0751. The van der Waals surface area contributed by atoms with Crippen molar-refractivity contribution >= 4 is 7.82 Å². The van der Waals surface area contributed by atoms with Crippen LogP contribution in [-0.2, 0) is 31.4 Å². The fourth-order valence-corrected chi connectivity index (χ4v) is 3.44. The van der Waals surface area contributed by atoms with E-state index in [0.717, 1.165) is 11.1 Å². The van der Waals surface area contributed by atoms with Crippen molar-refractivity contribution in [2.24, 2.45) is 10.5 Å². The van der Waals surface area contributed by atoms with Crippen molar-refractivity contribution in [3.8, 4) is 0 Å². The van der Waals surface area contributed by atoms with Gasteiger partial charge in [-0.15, -0.1) is 0 Å². The predicted octanol–water partition coefficient (Wildman–Crippen LogP) is 5.88. The van der Waals surface area contributed by atoms with E-state index < -0.39 is 13.2 Å². The van der Waals surface area contributed by atoms with Crippen LogP contribution in [0.3, 0.4) is 0 Å². The van der Waals surface area contributed by atoms with Gasteiger partial charge in [-0.2, -0.15) is 0 Å². The SMILES string of the molecule is CC(C)(CN=[N+]=[N-])COP(=O)(OCc1ccccc1)OCc1ccccc1. The second-order valence-electron chi connectivity index (χ2n) is 6.79. The number of azide groups is 1. The lowest BCUT2D eigenvalue weighted by Crippen LogP contribution is -2.22. The maximum atomic E-state index is 13.1. The highest BCUT2D eigenvalue weighted by atomic mass is 31.2. The minimum Gasteiger partial charge on any atom is -0.286 e. The summed E-state index contributed by atoms with van der Waals surface area (Å²) in [6.45, 7) is 4.17. The molecule has 144 valence electrons. The van der Waals surface area contributed by atoms with Crippen LogP contribution in [0.4, 0.5) is 0 Å². The molecule has 0 amide bonds. The summed E-state index contributed by atoms with van der Waals surface area (Å²) in [4.78, 5) is 2.76. The zero-order valence-corrected chi connectivity index (χ0v) is 16.4. The van der Waals surface area contributed by atoms with E-state index >= 15 is 0 Å². The smallest absolute Gasteiger partial charge is 0.286 e. The predicted molar refractivity (Wildman–Crippen MR) is 104 cm³/mol. The van der Waals surface area contributed by atoms with Gasteiger partial charge in [0.25, 0.3) is 0 Å². The van der Waals surface area contributed by atoms with Crippen LogP contribution in [0, 0.1) is 5.41 Å². The third kappa shape index (κ3) is 7.95. The molecule has 0 saturated carbocycles. The minimum absolute atomic E-state index is 0.0624. The number of phosphoric acid groups is 1. The Balaban J connectivity index is 2.03. The molecule has 0 aliphatic rings. The van der Waals surface area contributed by atoms with Gasteiger partial charge in [-0.1, -0.05) is 79.6 Å². The summed E-state index contributed by atoms with van der Waals surface area (Å²) in [6.07, 6.45) is 0. The first kappa shape index (κ1) is 21.2. The summed E-state index contributed by atoms with van der Waals surface area (Å²) in [5, 5.41) is 3.56. The van der Waals surface area contributed by atoms with Gasteiger partial charge in [-0.05, 0) is 22.1 Å². The van der Waals surface area contributed by atoms with Crippen molar-refractivity contribution in [1.82, 2.24) is 0 Å². The number of phosphoric ester groups is 1. The highest BCUT2D eigenvalue weighted by Crippen LogP contribution is 2.52. The second-order valence-corrected chi connectivity index (χ2v) is 8.46. The Hall–Kier alpha value is -2.14. The Morgan fingerprint density at radius 2 is 1.41 bits per heavy atom. The lowest BCUT2D eigenvalue weighted by atomic mass is 9.96. The van der Waals surface area contributed by atoms with E-state index in [-0.39, 0.29) is 26.4 Å². The molecule has 7 nitrogen and oxygen atoms in total. The summed E-state index contributed by atoms with van der Waals surface area (Å²) in [6, 6.07) is 18.8. The van der Waals surface area contributed by atoms with Gasteiger partial charge >= 0.3 is 7.82 Å². The highest BCUT2D eigenvalue weighted by Gasteiger charge is 2.30. The molecule has 0 N–H and O–H groups in total. The molecule has 0 saturated heterocycles. The van der Waals surface area contributed by atoms with Crippen LogP contribution in [0.2, 0.25) is 0 Å². The number of nitrogens with zero attached hydrogens (tertiary/aromatic N) is 3. The molecule has 27 heavy (non-hydrogen) atoms. The Labute approximate surface area is 159 Å². The van der Waals surface area contributed by atoms with Gasteiger partial charge in [-0.25, -0.2) is 4.57 Å². The Morgan fingerprint density at radius 1 is 0.926 bits per heavy atom. The van der Waals surface area contributed by atoms with E-state index in [1.54, 1.807) is 0 Å². The first-order valence-electron chi connectivity index (χ1n) is 8.55. The third-order valence-electron chi connectivity index (χ3n) is 3.64. The van der Waals surface area contributed by atoms with Crippen LogP contribution in [0.5, 0.6) is 0 Å². The molecule has 0 aliphatic carbocycles. The number of hydrogen-bond donors (Lipinski definition) is 0. The number of rotatable bonds is 11. The van der Waals surface area contributed by atoms with Crippen molar-refractivity contribution in [1.29, 1.82) is 0 Å². The summed E-state index contributed by atoms with van der Waals surface area (Å²) < 4.78 is 29.8. The summed E-state index contributed by atoms with van der Waals surface area (Å²) >= 11 is 0. The Bertz CT molecular complexity index is 746. The first-order valence-corrected chi connectivity index (χ1v) is 10.0. The van der Waals surface area contributed by atoms with Crippen molar-refractivity contribution in [3.05, 3.63) is 82.2 Å². The van der Waals surface area contributed by atoms with Gasteiger partial charge in [0.1, 0.15) is 0 Å². The van der Waals surface area contributed by atoms with Crippen molar-refractivity contribution < 1.29 is 18.1 Å². The molecular formula is C19H24N3O4P.